The summed E-state index contributed by atoms with van der Waals surface area (Å²) in [6, 6.07) is 0. The number of aliphatic imine (C=N–C) groups is 1. The molecule has 1 saturated heterocycles. The van der Waals surface area contributed by atoms with E-state index in [4.69, 9.17) is 0 Å². The monoisotopic (exact) mass is 230 g/mol. The first kappa shape index (κ1) is 13.5. The Labute approximate surface area is 105 Å². The molecule has 2 nitrogen and oxygen atoms in total. The summed E-state index contributed by atoms with van der Waals surface area (Å²) in [6.07, 6.45) is 5.41. The number of allylic oxidation sites excluding steroid dienone is 4. The molecule has 0 N–H and O–H groups in total. The lowest BCUT2D eigenvalue weighted by atomic mass is 9.93. The third kappa shape index (κ3) is 2.76. The molecule has 0 saturated carbocycles. The molecule has 0 amide bonds. The van der Waals surface area contributed by atoms with Crippen molar-refractivity contribution in [2.24, 2.45) is 10.9 Å². The van der Waals surface area contributed by atoms with Gasteiger partial charge < -0.3 is 4.90 Å². The number of likely N-dealkylation sites (tertiary alicyclic amines) is 1. The van der Waals surface area contributed by atoms with Crippen LogP contribution in [-0.2, 0) is 0 Å². The second-order valence-corrected chi connectivity index (χ2v) is 4.55. The zero-order valence-corrected chi connectivity index (χ0v) is 11.2. The van der Waals surface area contributed by atoms with Crippen molar-refractivity contribution in [1.82, 2.24) is 4.90 Å². The van der Waals surface area contributed by atoms with Crippen LogP contribution in [0.4, 0.5) is 0 Å². The Balaban J connectivity index is 3.36. The third-order valence-electron chi connectivity index (χ3n) is 3.10. The average molecular weight is 230 g/mol. The number of hydrogen-bond donors (Lipinski definition) is 0. The molecule has 0 spiro atoms. The molecular formula is C15H22N2. The Bertz CT molecular complexity index is 397. The van der Waals surface area contributed by atoms with E-state index in [0.29, 0.717) is 5.92 Å². The summed E-state index contributed by atoms with van der Waals surface area (Å²) < 4.78 is 0. The van der Waals surface area contributed by atoms with E-state index >= 15 is 0 Å². The number of hydrogen-bond acceptors (Lipinski definition) is 2. The molecule has 1 aliphatic heterocycles. The van der Waals surface area contributed by atoms with Gasteiger partial charge in [-0.1, -0.05) is 39.7 Å². The highest BCUT2D eigenvalue weighted by molar-refractivity contribution is 6.02. The standard InChI is InChI=1S/C15H22N2/c1-7-13(11(3)4)15-14(16-8-2)10-9-12(5)17(15)6/h7-8,11H,1-2,5,9-10H2,3-4,6H3/b15-13-,16-14-. The van der Waals surface area contributed by atoms with Crippen LogP contribution in [0.1, 0.15) is 26.7 Å². The lowest BCUT2D eigenvalue weighted by Crippen LogP contribution is -2.30. The summed E-state index contributed by atoms with van der Waals surface area (Å²) in [4.78, 5) is 6.52. The van der Waals surface area contributed by atoms with Crippen LogP contribution in [0.15, 0.2) is 54.0 Å². The summed E-state index contributed by atoms with van der Waals surface area (Å²) in [6.45, 7) is 16.0. The van der Waals surface area contributed by atoms with Gasteiger partial charge in [-0.3, -0.25) is 4.99 Å². The third-order valence-corrected chi connectivity index (χ3v) is 3.10. The fourth-order valence-corrected chi connectivity index (χ4v) is 2.10. The van der Waals surface area contributed by atoms with Gasteiger partial charge in [0.05, 0.1) is 11.4 Å². The lowest BCUT2D eigenvalue weighted by Gasteiger charge is -2.33. The summed E-state index contributed by atoms with van der Waals surface area (Å²) in [7, 11) is 2.04. The van der Waals surface area contributed by atoms with E-state index in [9.17, 15) is 0 Å². The maximum atomic E-state index is 4.39. The molecule has 0 radical (unpaired) electrons. The van der Waals surface area contributed by atoms with Crippen LogP contribution < -0.4 is 0 Å². The minimum atomic E-state index is 0.422. The number of rotatable bonds is 3. The van der Waals surface area contributed by atoms with Crippen LogP contribution in [-0.4, -0.2) is 17.7 Å². The molecule has 1 rings (SSSR count). The minimum Gasteiger partial charge on any atom is -0.347 e. The fourth-order valence-electron chi connectivity index (χ4n) is 2.10. The second-order valence-electron chi connectivity index (χ2n) is 4.55. The maximum absolute atomic E-state index is 4.39. The first-order valence-corrected chi connectivity index (χ1v) is 5.99. The zero-order valence-electron chi connectivity index (χ0n) is 11.2. The largest absolute Gasteiger partial charge is 0.347 e. The first-order chi connectivity index (χ1) is 8.02. The Hall–Kier alpha value is -1.57. The minimum absolute atomic E-state index is 0.422. The fraction of sp³-hybridized carbons (Fsp3) is 0.400. The van der Waals surface area contributed by atoms with Crippen molar-refractivity contribution < 1.29 is 0 Å². The summed E-state index contributed by atoms with van der Waals surface area (Å²) >= 11 is 0. The molecule has 0 atom stereocenters. The highest BCUT2D eigenvalue weighted by atomic mass is 15.1. The molecule has 0 unspecified atom stereocenters. The van der Waals surface area contributed by atoms with E-state index in [1.165, 1.54) is 5.57 Å². The lowest BCUT2D eigenvalue weighted by molar-refractivity contribution is 0.490. The van der Waals surface area contributed by atoms with Gasteiger partial charge in [-0.05, 0) is 24.3 Å². The molecule has 92 valence electrons. The van der Waals surface area contributed by atoms with Gasteiger partial charge in [0.2, 0.25) is 0 Å². The van der Waals surface area contributed by atoms with E-state index in [1.54, 1.807) is 6.20 Å². The molecule has 2 heteroatoms. The van der Waals surface area contributed by atoms with Crippen LogP contribution in [0.5, 0.6) is 0 Å². The quantitative estimate of drug-likeness (QED) is 0.717. The molecule has 0 bridgehead atoms. The average Bonchev–Trinajstić information content (AvgIpc) is 2.28. The second kappa shape index (κ2) is 5.67. The number of piperidine rings is 1. The predicted octanol–water partition coefficient (Wildman–Crippen LogP) is 3.91. The van der Waals surface area contributed by atoms with Crippen molar-refractivity contribution in [3.8, 4) is 0 Å². The Morgan fingerprint density at radius 3 is 2.47 bits per heavy atom. The van der Waals surface area contributed by atoms with Gasteiger partial charge in [0.15, 0.2) is 0 Å². The zero-order chi connectivity index (χ0) is 13.0. The van der Waals surface area contributed by atoms with Crippen molar-refractivity contribution in [1.29, 1.82) is 0 Å². The Morgan fingerprint density at radius 1 is 1.35 bits per heavy atom. The number of nitrogens with zero attached hydrogens (tertiary/aromatic N) is 2. The highest BCUT2D eigenvalue weighted by Crippen LogP contribution is 2.29. The molecule has 1 fully saturated rings. The van der Waals surface area contributed by atoms with Gasteiger partial charge in [-0.2, -0.15) is 0 Å². The van der Waals surface area contributed by atoms with Crippen LogP contribution in [0.25, 0.3) is 0 Å². The van der Waals surface area contributed by atoms with Gasteiger partial charge in [0, 0.05) is 18.9 Å². The van der Waals surface area contributed by atoms with Crippen LogP contribution in [0.3, 0.4) is 0 Å². The van der Waals surface area contributed by atoms with Crippen molar-refractivity contribution in [2.75, 3.05) is 7.05 Å². The summed E-state index contributed by atoms with van der Waals surface area (Å²) in [5, 5.41) is 0. The van der Waals surface area contributed by atoms with E-state index in [0.717, 1.165) is 29.9 Å². The molecule has 0 aliphatic carbocycles. The normalized spacial score (nSPS) is 22.0. The predicted molar refractivity (Wildman–Crippen MR) is 75.8 cm³/mol. The van der Waals surface area contributed by atoms with Crippen molar-refractivity contribution >= 4 is 5.71 Å². The van der Waals surface area contributed by atoms with Crippen molar-refractivity contribution in [2.45, 2.75) is 26.7 Å². The maximum Gasteiger partial charge on any atom is 0.0659 e. The first-order valence-electron chi connectivity index (χ1n) is 5.99. The SMILES string of the molecule is C=C/N=C1/CCC(=C)N(C)/C1=C(/C=C)C(C)C. The van der Waals surface area contributed by atoms with Crippen LogP contribution in [0, 0.1) is 5.92 Å². The molecular weight excluding hydrogens is 208 g/mol. The highest BCUT2D eigenvalue weighted by Gasteiger charge is 2.24. The van der Waals surface area contributed by atoms with E-state index in [2.05, 4.69) is 43.5 Å². The molecule has 0 aromatic carbocycles. The van der Waals surface area contributed by atoms with Gasteiger partial charge in [0.25, 0.3) is 0 Å². The van der Waals surface area contributed by atoms with Crippen LogP contribution >= 0.6 is 0 Å². The molecule has 1 aliphatic rings. The van der Waals surface area contributed by atoms with E-state index < -0.39 is 0 Å². The van der Waals surface area contributed by atoms with Gasteiger partial charge in [0.1, 0.15) is 0 Å². The van der Waals surface area contributed by atoms with E-state index in [1.807, 2.05) is 13.1 Å². The van der Waals surface area contributed by atoms with Gasteiger partial charge in [-0.25, -0.2) is 0 Å². The smallest absolute Gasteiger partial charge is 0.0659 e. The molecule has 1 heterocycles. The van der Waals surface area contributed by atoms with Crippen LogP contribution in [0.2, 0.25) is 0 Å². The molecule has 0 aromatic heterocycles. The molecule has 0 aromatic rings. The Morgan fingerprint density at radius 2 is 2.00 bits per heavy atom. The summed E-state index contributed by atoms with van der Waals surface area (Å²) in [5.41, 5.74) is 4.57. The summed E-state index contributed by atoms with van der Waals surface area (Å²) in [5.74, 6) is 0.422. The van der Waals surface area contributed by atoms with Crippen molar-refractivity contribution in [3.05, 3.63) is 49.0 Å². The molecule has 17 heavy (non-hydrogen) atoms. The van der Waals surface area contributed by atoms with E-state index in [-0.39, 0.29) is 0 Å². The van der Waals surface area contributed by atoms with Gasteiger partial charge in [-0.15, -0.1) is 0 Å². The topological polar surface area (TPSA) is 15.6 Å². The van der Waals surface area contributed by atoms with Crippen molar-refractivity contribution in [3.63, 3.8) is 0 Å². The Kier molecular flexibility index (Phi) is 4.50. The van der Waals surface area contributed by atoms with Gasteiger partial charge >= 0.3 is 0 Å².